The van der Waals surface area contributed by atoms with Gasteiger partial charge in [-0.1, -0.05) is 176 Å². The Kier molecular flexibility index (Phi) is 8.84. The van der Waals surface area contributed by atoms with E-state index < -0.39 is 0 Å². The van der Waals surface area contributed by atoms with Crippen LogP contribution in [-0.4, -0.2) is 8.80 Å². The Morgan fingerprint density at radius 3 is 0.956 bits per heavy atom. The average molecular weight is 1150 g/mol. The van der Waals surface area contributed by atoms with Gasteiger partial charge in [0.05, 0.1) is 33.1 Å². The van der Waals surface area contributed by atoms with Gasteiger partial charge in [0.1, 0.15) is 22.3 Å². The molecule has 0 aliphatic heterocycles. The molecule has 0 bridgehead atoms. The Hall–Kier alpha value is -12.1. The van der Waals surface area contributed by atoms with Crippen LogP contribution in [0.3, 0.4) is 0 Å². The van der Waals surface area contributed by atoms with Crippen LogP contribution in [0.2, 0.25) is 0 Å². The molecule has 8 heterocycles. The molecule has 0 aliphatic rings. The summed E-state index contributed by atoms with van der Waals surface area (Å²) in [6.45, 7) is 0. The van der Waals surface area contributed by atoms with Crippen molar-refractivity contribution in [2.24, 2.45) is 0 Å². The van der Waals surface area contributed by atoms with Crippen LogP contribution < -0.4 is 0 Å². The number of aromatic nitrogens is 2. The fourth-order valence-electron chi connectivity index (χ4n) is 16.0. The van der Waals surface area contributed by atoms with Crippen LogP contribution in [0.1, 0.15) is 0 Å². The van der Waals surface area contributed by atoms with E-state index in [9.17, 15) is 0 Å². The maximum Gasteiger partial charge on any atom is 0.160 e. The number of benzene rings is 14. The molecule has 0 saturated heterocycles. The highest BCUT2D eigenvalue weighted by molar-refractivity contribution is 6.34. The lowest BCUT2D eigenvalue weighted by Crippen LogP contribution is -1.85. The summed E-state index contributed by atoms with van der Waals surface area (Å²) in [5, 5.41) is 17.9. The van der Waals surface area contributed by atoms with Crippen molar-refractivity contribution in [2.75, 3.05) is 0 Å². The van der Waals surface area contributed by atoms with Gasteiger partial charge in [0.2, 0.25) is 0 Å². The molecule has 414 valence electrons. The van der Waals surface area contributed by atoms with Gasteiger partial charge in [0.25, 0.3) is 0 Å². The highest BCUT2D eigenvalue weighted by Crippen LogP contribution is 2.51. The Morgan fingerprint density at radius 2 is 0.489 bits per heavy atom. The SMILES string of the molecule is c1ccc(-c2cccc(-c3cc4c5ccc6c7ccccc7oc6c5n5c4c(c3)c3ccc4c6cc(-c7ccc8oc9c(ccc%10c%11cc(-c%12ccccc%12-c%12ccccc%12)cc%12c%13ccc%14c%15ccccc%15oc%14c%13n(c%12%11)c%109)c8c7)ccc6oc4c35)c2)cc1. The van der Waals surface area contributed by atoms with Crippen LogP contribution in [-0.2, 0) is 0 Å². The molecule has 0 aliphatic carbocycles. The predicted molar refractivity (Wildman–Crippen MR) is 372 cm³/mol. The number of nitrogens with zero attached hydrogens (tertiary/aromatic N) is 2. The van der Waals surface area contributed by atoms with Crippen molar-refractivity contribution in [3.8, 4) is 55.6 Å². The molecule has 0 spiro atoms. The number of rotatable bonds is 5. The number of para-hydroxylation sites is 2. The van der Waals surface area contributed by atoms with E-state index in [1.54, 1.807) is 0 Å². The molecule has 0 radical (unpaired) electrons. The van der Waals surface area contributed by atoms with Crippen molar-refractivity contribution in [3.63, 3.8) is 0 Å². The monoisotopic (exact) mass is 1140 g/mol. The molecule has 90 heavy (non-hydrogen) atoms. The second-order valence-electron chi connectivity index (χ2n) is 24.5. The summed E-state index contributed by atoms with van der Waals surface area (Å²) < 4.78 is 33.1. The molecule has 0 saturated carbocycles. The lowest BCUT2D eigenvalue weighted by Gasteiger charge is -2.11. The van der Waals surface area contributed by atoms with Gasteiger partial charge in [-0.15, -0.1) is 0 Å². The summed E-state index contributed by atoms with van der Waals surface area (Å²) >= 11 is 0. The van der Waals surface area contributed by atoms with Crippen molar-refractivity contribution in [2.45, 2.75) is 0 Å². The van der Waals surface area contributed by atoms with E-state index in [0.717, 1.165) is 165 Å². The number of hydrogen-bond acceptors (Lipinski definition) is 4. The van der Waals surface area contributed by atoms with E-state index in [4.69, 9.17) is 17.7 Å². The van der Waals surface area contributed by atoms with E-state index in [-0.39, 0.29) is 0 Å². The smallest absolute Gasteiger partial charge is 0.160 e. The Morgan fingerprint density at radius 1 is 0.167 bits per heavy atom. The van der Waals surface area contributed by atoms with Gasteiger partial charge in [-0.3, -0.25) is 0 Å². The Bertz CT molecular complexity index is 6890. The van der Waals surface area contributed by atoms with Gasteiger partial charge in [-0.2, -0.15) is 0 Å². The molecule has 22 rings (SSSR count). The van der Waals surface area contributed by atoms with Gasteiger partial charge in [-0.25, -0.2) is 0 Å². The van der Waals surface area contributed by atoms with E-state index in [2.05, 4.69) is 264 Å². The molecule has 0 atom stereocenters. The summed E-state index contributed by atoms with van der Waals surface area (Å²) in [4.78, 5) is 0. The zero-order chi connectivity index (χ0) is 58.2. The van der Waals surface area contributed by atoms with Crippen molar-refractivity contribution >= 4 is 164 Å². The molecule has 6 nitrogen and oxygen atoms in total. The molecule has 14 aromatic carbocycles. The van der Waals surface area contributed by atoms with Crippen LogP contribution in [0.15, 0.2) is 285 Å². The van der Waals surface area contributed by atoms with Gasteiger partial charge in [0.15, 0.2) is 22.3 Å². The van der Waals surface area contributed by atoms with Crippen molar-refractivity contribution in [1.82, 2.24) is 8.80 Å². The van der Waals surface area contributed by atoms with E-state index in [1.165, 1.54) is 54.9 Å². The van der Waals surface area contributed by atoms with Crippen LogP contribution in [0.25, 0.3) is 220 Å². The maximum atomic E-state index is 7.19. The second-order valence-corrected chi connectivity index (χ2v) is 24.5. The third-order valence-electron chi connectivity index (χ3n) is 19.9. The summed E-state index contributed by atoms with van der Waals surface area (Å²) in [6.07, 6.45) is 0. The number of furan rings is 4. The largest absolute Gasteiger partial charge is 0.454 e. The van der Waals surface area contributed by atoms with Crippen molar-refractivity contribution in [3.05, 3.63) is 267 Å². The quantitative estimate of drug-likeness (QED) is 0.172. The predicted octanol–water partition coefficient (Wildman–Crippen LogP) is 23.9. The minimum atomic E-state index is 0.832. The summed E-state index contributed by atoms with van der Waals surface area (Å²) in [5.41, 5.74) is 24.9. The first-order valence-electron chi connectivity index (χ1n) is 30.8. The minimum absolute atomic E-state index is 0.832. The first-order chi connectivity index (χ1) is 44.6. The molecule has 0 fully saturated rings. The molecule has 6 heteroatoms. The Labute approximate surface area is 510 Å². The second kappa shape index (κ2) is 16.9. The van der Waals surface area contributed by atoms with Crippen molar-refractivity contribution < 1.29 is 17.7 Å². The van der Waals surface area contributed by atoms with Crippen LogP contribution in [0.4, 0.5) is 0 Å². The lowest BCUT2D eigenvalue weighted by molar-refractivity contribution is 0.669. The highest BCUT2D eigenvalue weighted by atomic mass is 16.3. The maximum absolute atomic E-state index is 7.19. The normalized spacial score (nSPS) is 12.7. The third-order valence-corrected chi connectivity index (χ3v) is 19.9. The number of fused-ring (bicyclic) bond motifs is 28. The lowest BCUT2D eigenvalue weighted by atomic mass is 9.92. The van der Waals surface area contributed by atoms with Gasteiger partial charge in [-0.05, 0) is 147 Å². The molecule has 8 aromatic heterocycles. The zero-order valence-electron chi connectivity index (χ0n) is 47.9. The first-order valence-corrected chi connectivity index (χ1v) is 30.8. The van der Waals surface area contributed by atoms with Crippen LogP contribution in [0, 0.1) is 0 Å². The van der Waals surface area contributed by atoms with Gasteiger partial charge in [0, 0.05) is 86.2 Å². The minimum Gasteiger partial charge on any atom is -0.454 e. The molecule has 0 N–H and O–H groups in total. The van der Waals surface area contributed by atoms with Crippen LogP contribution >= 0.6 is 0 Å². The molecule has 0 amide bonds. The Balaban J connectivity index is 0.749. The molecular weight excluding hydrogens is 1100 g/mol. The fraction of sp³-hybridized carbons (Fsp3) is 0. The first kappa shape index (κ1) is 47.1. The summed E-state index contributed by atoms with van der Waals surface area (Å²) in [5.74, 6) is 0. The summed E-state index contributed by atoms with van der Waals surface area (Å²) in [6, 6.07) is 96.8. The highest BCUT2D eigenvalue weighted by Gasteiger charge is 2.29. The standard InChI is InChI=1S/C84H44N2O4/c1-3-14-45(15-4-1)47-18-13-19-48(38-47)51-41-67-57-28-32-61-55-22-9-11-24-71(55)87-81(61)77(57)85-75(67)68(42-51)58-30-34-63-65-39-49(26-36-73(65)89-83(63)79(58)85)50-27-37-74-66(40-50)64-35-31-60-70-44-52(54-21-8-7-20-53(54)46-16-5-2-6-17-46)43-69-59-29-33-62-56-23-10-12-25-72(56)88-82(62)78(59)86(76(69)70)80(60)84(64)90-74/h1-44H. The van der Waals surface area contributed by atoms with E-state index >= 15 is 0 Å². The third kappa shape index (κ3) is 6.06. The van der Waals surface area contributed by atoms with E-state index in [1.807, 2.05) is 12.1 Å². The fourth-order valence-corrected chi connectivity index (χ4v) is 16.0. The van der Waals surface area contributed by atoms with Gasteiger partial charge >= 0.3 is 0 Å². The summed E-state index contributed by atoms with van der Waals surface area (Å²) in [7, 11) is 0. The van der Waals surface area contributed by atoms with Crippen LogP contribution in [0.5, 0.6) is 0 Å². The number of hydrogen-bond donors (Lipinski definition) is 0. The molecule has 0 unspecified atom stereocenters. The zero-order valence-corrected chi connectivity index (χ0v) is 47.9. The van der Waals surface area contributed by atoms with Crippen molar-refractivity contribution in [1.29, 1.82) is 0 Å². The molecular formula is C84H44N2O4. The van der Waals surface area contributed by atoms with Gasteiger partial charge < -0.3 is 26.5 Å². The molecule has 22 aromatic rings. The average Bonchev–Trinajstić information content (AvgIpc) is 1.53. The van der Waals surface area contributed by atoms with E-state index in [0.29, 0.717) is 0 Å². The topological polar surface area (TPSA) is 61.4 Å².